The van der Waals surface area contributed by atoms with Crippen LogP contribution in [-0.4, -0.2) is 19.9 Å². The molecule has 0 aliphatic rings. The van der Waals surface area contributed by atoms with Crippen LogP contribution in [0.4, 0.5) is 0 Å². The maximum Gasteiger partial charge on any atom is 0.160 e. The molecule has 0 amide bonds. The average molecular weight is 795 g/mol. The van der Waals surface area contributed by atoms with E-state index in [1.807, 2.05) is 85.2 Å². The minimum absolute atomic E-state index is 0.649. The molecular weight excluding hydrogens is 761 g/mol. The van der Waals surface area contributed by atoms with Gasteiger partial charge in [0.05, 0.1) is 11.4 Å². The van der Waals surface area contributed by atoms with Gasteiger partial charge >= 0.3 is 0 Å². The zero-order chi connectivity index (χ0) is 41.0. The van der Waals surface area contributed by atoms with E-state index in [1.54, 1.807) is 0 Å². The fourth-order valence-corrected chi connectivity index (χ4v) is 8.52. The summed E-state index contributed by atoms with van der Waals surface area (Å²) in [6, 6.07) is 66.5. The smallest absolute Gasteiger partial charge is 0.160 e. The van der Waals surface area contributed by atoms with Gasteiger partial charge in [0.1, 0.15) is 22.3 Å². The molecule has 62 heavy (non-hydrogen) atoms. The number of hydrogen-bond donors (Lipinski definition) is 0. The molecule has 0 spiro atoms. The van der Waals surface area contributed by atoms with Crippen molar-refractivity contribution in [1.29, 1.82) is 0 Å². The maximum absolute atomic E-state index is 6.69. The predicted molar refractivity (Wildman–Crippen MR) is 250 cm³/mol. The number of fused-ring (bicyclic) bond motifs is 6. The van der Waals surface area contributed by atoms with Crippen molar-refractivity contribution in [3.05, 3.63) is 207 Å². The quantitative estimate of drug-likeness (QED) is 0.160. The standard InChI is InChI=1S/C56H34N4O2/c1-3-11-37(12-4-1)48-32-49(60-56(59-48)40-25-19-35(20-26-40)42-33-57-55(58-34-42)39-13-5-2-6-14-39)38-23-21-36(22-24-38)43-28-29-44(54-53(43)46-16-8-10-18-51(46)62-54)41-27-30-52-47(31-41)45-15-7-9-17-50(45)61-52/h1-34H. The van der Waals surface area contributed by atoms with E-state index in [0.717, 1.165) is 111 Å². The van der Waals surface area contributed by atoms with Crippen molar-refractivity contribution in [2.45, 2.75) is 0 Å². The van der Waals surface area contributed by atoms with E-state index in [0.29, 0.717) is 11.6 Å². The van der Waals surface area contributed by atoms with Crippen LogP contribution in [0.1, 0.15) is 0 Å². The zero-order valence-electron chi connectivity index (χ0n) is 33.2. The van der Waals surface area contributed by atoms with Crippen LogP contribution in [0.2, 0.25) is 0 Å². The van der Waals surface area contributed by atoms with Gasteiger partial charge in [-0.1, -0.05) is 158 Å². The third-order valence-electron chi connectivity index (χ3n) is 11.7. The van der Waals surface area contributed by atoms with Gasteiger partial charge in [-0.2, -0.15) is 0 Å². The summed E-state index contributed by atoms with van der Waals surface area (Å²) in [5, 5.41) is 4.35. The molecule has 6 heteroatoms. The molecule has 12 rings (SSSR count). The highest BCUT2D eigenvalue weighted by Gasteiger charge is 2.19. The first-order valence-electron chi connectivity index (χ1n) is 20.6. The Morgan fingerprint density at radius 2 is 0.823 bits per heavy atom. The third-order valence-corrected chi connectivity index (χ3v) is 11.7. The van der Waals surface area contributed by atoms with Crippen molar-refractivity contribution >= 4 is 43.9 Å². The Hall–Kier alpha value is -8.48. The monoisotopic (exact) mass is 794 g/mol. The molecule has 290 valence electrons. The van der Waals surface area contributed by atoms with Crippen LogP contribution in [0.5, 0.6) is 0 Å². The molecule has 0 radical (unpaired) electrons. The minimum atomic E-state index is 0.649. The summed E-state index contributed by atoms with van der Waals surface area (Å²) in [6.07, 6.45) is 3.74. The Morgan fingerprint density at radius 3 is 1.55 bits per heavy atom. The van der Waals surface area contributed by atoms with Crippen molar-refractivity contribution in [2.24, 2.45) is 0 Å². The lowest BCUT2D eigenvalue weighted by Crippen LogP contribution is -1.96. The summed E-state index contributed by atoms with van der Waals surface area (Å²) in [7, 11) is 0. The molecule has 0 aliphatic carbocycles. The number of hydrogen-bond acceptors (Lipinski definition) is 6. The third kappa shape index (κ3) is 6.21. The fourth-order valence-electron chi connectivity index (χ4n) is 8.52. The van der Waals surface area contributed by atoms with E-state index in [4.69, 9.17) is 18.8 Å². The Kier molecular flexibility index (Phi) is 8.38. The molecule has 0 saturated carbocycles. The maximum atomic E-state index is 6.69. The van der Waals surface area contributed by atoms with Gasteiger partial charge in [0.2, 0.25) is 0 Å². The summed E-state index contributed by atoms with van der Waals surface area (Å²) in [5.74, 6) is 1.35. The van der Waals surface area contributed by atoms with Gasteiger partial charge < -0.3 is 8.83 Å². The van der Waals surface area contributed by atoms with Crippen LogP contribution in [0.3, 0.4) is 0 Å². The van der Waals surface area contributed by atoms with Crippen LogP contribution >= 0.6 is 0 Å². The first kappa shape index (κ1) is 35.5. The van der Waals surface area contributed by atoms with Crippen molar-refractivity contribution < 1.29 is 8.83 Å². The molecule has 0 atom stereocenters. The minimum Gasteiger partial charge on any atom is -0.456 e. The fraction of sp³-hybridized carbons (Fsp3) is 0. The second-order valence-electron chi connectivity index (χ2n) is 15.4. The second-order valence-corrected chi connectivity index (χ2v) is 15.4. The summed E-state index contributed by atoms with van der Waals surface area (Å²) >= 11 is 0. The van der Waals surface area contributed by atoms with Crippen LogP contribution in [0, 0.1) is 0 Å². The molecule has 0 aliphatic heterocycles. The van der Waals surface area contributed by atoms with Crippen LogP contribution < -0.4 is 0 Å². The summed E-state index contributed by atoms with van der Waals surface area (Å²) in [4.78, 5) is 19.5. The number of furan rings is 2. The predicted octanol–water partition coefficient (Wildman–Crippen LogP) is 14.7. The molecule has 0 saturated heterocycles. The number of nitrogens with zero attached hydrogens (tertiary/aromatic N) is 4. The van der Waals surface area contributed by atoms with Gasteiger partial charge in [0.25, 0.3) is 0 Å². The molecule has 6 nitrogen and oxygen atoms in total. The molecule has 4 heterocycles. The lowest BCUT2D eigenvalue weighted by atomic mass is 9.93. The van der Waals surface area contributed by atoms with Gasteiger partial charge in [-0.25, -0.2) is 19.9 Å². The van der Waals surface area contributed by atoms with E-state index < -0.39 is 0 Å². The highest BCUT2D eigenvalue weighted by molar-refractivity contribution is 6.17. The van der Waals surface area contributed by atoms with Crippen LogP contribution in [-0.2, 0) is 0 Å². The van der Waals surface area contributed by atoms with Gasteiger partial charge in [-0.15, -0.1) is 0 Å². The van der Waals surface area contributed by atoms with Gasteiger partial charge in [-0.3, -0.25) is 0 Å². The number of rotatable bonds is 7. The first-order valence-corrected chi connectivity index (χ1v) is 20.6. The highest BCUT2D eigenvalue weighted by Crippen LogP contribution is 2.43. The summed E-state index contributed by atoms with van der Waals surface area (Å²) in [5.41, 5.74) is 15.3. The van der Waals surface area contributed by atoms with E-state index in [2.05, 4.69) is 131 Å². The molecule has 4 aromatic heterocycles. The summed E-state index contributed by atoms with van der Waals surface area (Å²) in [6.45, 7) is 0. The lowest BCUT2D eigenvalue weighted by molar-refractivity contribution is 0.668. The Labute approximate surface area is 356 Å². The molecule has 0 unspecified atom stereocenters. The zero-order valence-corrected chi connectivity index (χ0v) is 33.2. The molecule has 0 bridgehead atoms. The first-order chi connectivity index (χ1) is 30.7. The van der Waals surface area contributed by atoms with Crippen LogP contribution in [0.15, 0.2) is 215 Å². The van der Waals surface area contributed by atoms with Gasteiger partial charge in [0, 0.05) is 67.3 Å². The van der Waals surface area contributed by atoms with Gasteiger partial charge in [-0.05, 0) is 58.7 Å². The number of para-hydroxylation sites is 2. The normalized spacial score (nSPS) is 11.5. The van der Waals surface area contributed by atoms with E-state index in [9.17, 15) is 0 Å². The average Bonchev–Trinajstić information content (AvgIpc) is 3.93. The highest BCUT2D eigenvalue weighted by atomic mass is 16.3. The Balaban J connectivity index is 0.910. The van der Waals surface area contributed by atoms with Crippen molar-refractivity contribution in [3.8, 4) is 78.7 Å². The number of aromatic nitrogens is 4. The van der Waals surface area contributed by atoms with E-state index in [1.165, 1.54) is 0 Å². The van der Waals surface area contributed by atoms with E-state index >= 15 is 0 Å². The number of benzene rings is 8. The Bertz CT molecular complexity index is 3600. The SMILES string of the molecule is c1ccc(-c2cc(-c3ccc(-c4ccc(-c5ccc6oc7ccccc7c6c5)c5oc6ccccc6c45)cc3)nc(-c3ccc(-c4cnc(-c5ccccc5)nc4)cc3)n2)cc1. The molecule has 0 fully saturated rings. The van der Waals surface area contributed by atoms with Crippen molar-refractivity contribution in [2.75, 3.05) is 0 Å². The molecule has 0 N–H and O–H groups in total. The van der Waals surface area contributed by atoms with Gasteiger partial charge in [0.15, 0.2) is 11.6 Å². The lowest BCUT2D eigenvalue weighted by Gasteiger charge is -2.12. The summed E-state index contributed by atoms with van der Waals surface area (Å²) < 4.78 is 12.8. The Morgan fingerprint density at radius 1 is 0.306 bits per heavy atom. The molecule has 12 aromatic rings. The molecule has 8 aromatic carbocycles. The topological polar surface area (TPSA) is 77.8 Å². The van der Waals surface area contributed by atoms with E-state index in [-0.39, 0.29) is 0 Å². The largest absolute Gasteiger partial charge is 0.456 e. The van der Waals surface area contributed by atoms with Crippen LogP contribution in [0.25, 0.3) is 123 Å². The van der Waals surface area contributed by atoms with Crippen molar-refractivity contribution in [1.82, 2.24) is 19.9 Å². The second kappa shape index (κ2) is 14.7. The molecular formula is C56H34N4O2. The van der Waals surface area contributed by atoms with Crippen molar-refractivity contribution in [3.63, 3.8) is 0 Å².